The van der Waals surface area contributed by atoms with Crippen molar-refractivity contribution in [3.8, 4) is 0 Å². The summed E-state index contributed by atoms with van der Waals surface area (Å²) in [7, 11) is 0. The van der Waals surface area contributed by atoms with Gasteiger partial charge in [-0.05, 0) is 38.1 Å². The van der Waals surface area contributed by atoms with Crippen molar-refractivity contribution in [1.82, 2.24) is 14.7 Å². The molecule has 0 N–H and O–H groups in total. The van der Waals surface area contributed by atoms with Crippen LogP contribution in [0.5, 0.6) is 0 Å². The molecule has 2 fully saturated rings. The molecule has 2 saturated heterocycles. The molecule has 1 amide bonds. The molecule has 1 aromatic rings. The molecule has 1 aromatic carbocycles. The van der Waals surface area contributed by atoms with Crippen LogP contribution in [0.15, 0.2) is 18.2 Å². The van der Waals surface area contributed by atoms with Gasteiger partial charge in [-0.3, -0.25) is 9.69 Å². The van der Waals surface area contributed by atoms with Gasteiger partial charge < -0.3 is 14.7 Å². The van der Waals surface area contributed by atoms with Gasteiger partial charge in [0.1, 0.15) is 0 Å². The number of likely N-dealkylation sites (N-methyl/N-ethyl adjacent to an activating group) is 1. The van der Waals surface area contributed by atoms with Crippen molar-refractivity contribution in [3.63, 3.8) is 0 Å². The average molecular weight is 379 g/mol. The summed E-state index contributed by atoms with van der Waals surface area (Å²) in [4.78, 5) is 22.0. The second-order valence-corrected chi connectivity index (χ2v) is 7.83. The second-order valence-electron chi connectivity index (χ2n) is 7.39. The molecule has 0 bridgehead atoms. The van der Waals surface area contributed by atoms with E-state index in [0.717, 1.165) is 63.9 Å². The summed E-state index contributed by atoms with van der Waals surface area (Å²) < 4.78 is 0. The molecule has 0 aliphatic carbocycles. The molecule has 26 heavy (non-hydrogen) atoms. The summed E-state index contributed by atoms with van der Waals surface area (Å²) in [5.41, 5.74) is 2.47. The van der Waals surface area contributed by atoms with Crippen LogP contribution in [0.2, 0.25) is 5.02 Å². The van der Waals surface area contributed by atoms with E-state index in [0.29, 0.717) is 0 Å². The van der Waals surface area contributed by atoms with E-state index in [2.05, 4.69) is 41.5 Å². The fourth-order valence-corrected chi connectivity index (χ4v) is 4.14. The molecule has 2 heterocycles. The maximum absolute atomic E-state index is 12.9. The Labute approximate surface area is 162 Å². The number of amides is 1. The third-order valence-electron chi connectivity index (χ3n) is 5.86. The number of rotatable bonds is 4. The van der Waals surface area contributed by atoms with Gasteiger partial charge in [-0.25, -0.2) is 0 Å². The van der Waals surface area contributed by atoms with Crippen LogP contribution in [0.1, 0.15) is 19.4 Å². The Hall–Kier alpha value is -1.30. The smallest absolute Gasteiger partial charge is 0.239 e. The van der Waals surface area contributed by atoms with Crippen molar-refractivity contribution in [2.24, 2.45) is 0 Å². The Kier molecular flexibility index (Phi) is 6.43. The zero-order valence-corrected chi connectivity index (χ0v) is 17.0. The van der Waals surface area contributed by atoms with Crippen molar-refractivity contribution in [2.75, 3.05) is 63.8 Å². The first-order valence-electron chi connectivity index (χ1n) is 9.76. The standard InChI is InChI=1S/C20H31ClN4O/c1-4-22-7-9-25(10-8-22)20(26)17(3)23-11-13-24(14-12-23)19-15-18(21)6-5-16(19)2/h5-6,15,17H,4,7-14H2,1-3H3. The van der Waals surface area contributed by atoms with Crippen LogP contribution in [0.25, 0.3) is 0 Å². The number of aryl methyl sites for hydroxylation is 1. The minimum absolute atomic E-state index is 0.0363. The molecule has 3 rings (SSSR count). The first-order chi connectivity index (χ1) is 12.5. The lowest BCUT2D eigenvalue weighted by molar-refractivity contribution is -0.138. The average Bonchev–Trinajstić information content (AvgIpc) is 2.69. The van der Waals surface area contributed by atoms with Gasteiger partial charge in [-0.2, -0.15) is 0 Å². The molecule has 0 aromatic heterocycles. The zero-order chi connectivity index (χ0) is 18.7. The van der Waals surface area contributed by atoms with E-state index in [1.165, 1.54) is 11.3 Å². The van der Waals surface area contributed by atoms with Crippen LogP contribution >= 0.6 is 11.6 Å². The minimum atomic E-state index is -0.0363. The minimum Gasteiger partial charge on any atom is -0.369 e. The van der Waals surface area contributed by atoms with Crippen LogP contribution in [0, 0.1) is 6.92 Å². The number of hydrogen-bond donors (Lipinski definition) is 0. The van der Waals surface area contributed by atoms with Crippen molar-refractivity contribution < 1.29 is 4.79 Å². The molecule has 0 radical (unpaired) electrons. The summed E-state index contributed by atoms with van der Waals surface area (Å²) in [5, 5.41) is 0.780. The van der Waals surface area contributed by atoms with Gasteiger partial charge in [-0.1, -0.05) is 24.6 Å². The quantitative estimate of drug-likeness (QED) is 0.804. The summed E-state index contributed by atoms with van der Waals surface area (Å²) in [6.45, 7) is 14.8. The van der Waals surface area contributed by atoms with E-state index in [1.807, 2.05) is 17.0 Å². The summed E-state index contributed by atoms with van der Waals surface area (Å²) in [6.07, 6.45) is 0. The van der Waals surface area contributed by atoms with Crippen LogP contribution < -0.4 is 4.90 Å². The normalized spacial score (nSPS) is 21.1. The lowest BCUT2D eigenvalue weighted by Gasteiger charge is -2.41. The second kappa shape index (κ2) is 8.59. The number of piperazine rings is 2. The first-order valence-corrected chi connectivity index (χ1v) is 10.1. The molecule has 144 valence electrons. The van der Waals surface area contributed by atoms with Crippen LogP contribution in [0.3, 0.4) is 0 Å². The van der Waals surface area contributed by atoms with E-state index >= 15 is 0 Å². The SMILES string of the molecule is CCN1CCN(C(=O)C(C)N2CCN(c3cc(Cl)ccc3C)CC2)CC1. The Morgan fingerprint density at radius 1 is 1.08 bits per heavy atom. The van der Waals surface area contributed by atoms with Gasteiger partial charge in [0.15, 0.2) is 0 Å². The van der Waals surface area contributed by atoms with Crippen LogP contribution in [0.4, 0.5) is 5.69 Å². The summed E-state index contributed by atoms with van der Waals surface area (Å²) in [5.74, 6) is 0.285. The summed E-state index contributed by atoms with van der Waals surface area (Å²) >= 11 is 6.17. The predicted octanol–water partition coefficient (Wildman–Crippen LogP) is 2.32. The molecule has 2 aliphatic rings. The number of carbonyl (C=O) groups is 1. The monoisotopic (exact) mass is 378 g/mol. The molecule has 5 nitrogen and oxygen atoms in total. The Morgan fingerprint density at radius 2 is 1.73 bits per heavy atom. The number of nitrogens with zero attached hydrogens (tertiary/aromatic N) is 4. The van der Waals surface area contributed by atoms with Gasteiger partial charge in [0.05, 0.1) is 6.04 Å². The predicted molar refractivity (Wildman–Crippen MR) is 108 cm³/mol. The maximum Gasteiger partial charge on any atom is 0.239 e. The molecule has 6 heteroatoms. The number of anilines is 1. The third kappa shape index (κ3) is 4.33. The highest BCUT2D eigenvalue weighted by Crippen LogP contribution is 2.25. The fourth-order valence-electron chi connectivity index (χ4n) is 3.98. The number of benzene rings is 1. The van der Waals surface area contributed by atoms with Gasteiger partial charge in [0.2, 0.25) is 5.91 Å². The third-order valence-corrected chi connectivity index (χ3v) is 6.10. The van der Waals surface area contributed by atoms with E-state index in [1.54, 1.807) is 0 Å². The number of halogens is 1. The highest BCUT2D eigenvalue weighted by molar-refractivity contribution is 6.30. The molecule has 0 saturated carbocycles. The van der Waals surface area contributed by atoms with E-state index in [9.17, 15) is 4.79 Å². The number of carbonyl (C=O) groups excluding carboxylic acids is 1. The molecule has 1 atom stereocenters. The molecule has 2 aliphatic heterocycles. The van der Waals surface area contributed by atoms with Crippen molar-refractivity contribution >= 4 is 23.2 Å². The largest absolute Gasteiger partial charge is 0.369 e. The van der Waals surface area contributed by atoms with Crippen molar-refractivity contribution in [1.29, 1.82) is 0 Å². The molecular weight excluding hydrogens is 348 g/mol. The Bertz CT molecular complexity index is 622. The van der Waals surface area contributed by atoms with Gasteiger partial charge >= 0.3 is 0 Å². The Morgan fingerprint density at radius 3 is 2.35 bits per heavy atom. The van der Waals surface area contributed by atoms with Gasteiger partial charge in [0.25, 0.3) is 0 Å². The van der Waals surface area contributed by atoms with Crippen LogP contribution in [-0.2, 0) is 4.79 Å². The fraction of sp³-hybridized carbons (Fsp3) is 0.650. The van der Waals surface area contributed by atoms with Crippen LogP contribution in [-0.4, -0.2) is 85.6 Å². The first kappa shape index (κ1) is 19.5. The van der Waals surface area contributed by atoms with E-state index in [4.69, 9.17) is 11.6 Å². The highest BCUT2D eigenvalue weighted by atomic mass is 35.5. The van der Waals surface area contributed by atoms with E-state index in [-0.39, 0.29) is 11.9 Å². The molecule has 0 spiro atoms. The van der Waals surface area contributed by atoms with Crippen molar-refractivity contribution in [3.05, 3.63) is 28.8 Å². The maximum atomic E-state index is 12.9. The Balaban J connectivity index is 1.54. The lowest BCUT2D eigenvalue weighted by atomic mass is 10.1. The van der Waals surface area contributed by atoms with Crippen molar-refractivity contribution in [2.45, 2.75) is 26.8 Å². The molecule has 1 unspecified atom stereocenters. The number of hydrogen-bond acceptors (Lipinski definition) is 4. The van der Waals surface area contributed by atoms with Gasteiger partial charge in [-0.15, -0.1) is 0 Å². The molecular formula is C20H31ClN4O. The summed E-state index contributed by atoms with van der Waals surface area (Å²) in [6, 6.07) is 6.03. The highest BCUT2D eigenvalue weighted by Gasteiger charge is 2.30. The topological polar surface area (TPSA) is 30.0 Å². The zero-order valence-electron chi connectivity index (χ0n) is 16.2. The van der Waals surface area contributed by atoms with Gasteiger partial charge in [0, 0.05) is 63.1 Å². The van der Waals surface area contributed by atoms with E-state index < -0.39 is 0 Å². The lowest BCUT2D eigenvalue weighted by Crippen LogP contribution is -2.57.